The number of aromatic nitrogens is 3. The minimum atomic E-state index is -3.72. The highest BCUT2D eigenvalue weighted by Crippen LogP contribution is 2.35. The van der Waals surface area contributed by atoms with Crippen molar-refractivity contribution in [3.63, 3.8) is 0 Å². The average molecular weight is 469 g/mol. The van der Waals surface area contributed by atoms with Crippen molar-refractivity contribution in [2.75, 3.05) is 31.5 Å². The minimum absolute atomic E-state index is 0.120. The SMILES string of the molecule is Cc1noc(C)c1S(=O)(=O)N1CCCN(C(=O)Nc2nnc(C3CCCCC3)s2)CC1. The third-order valence-corrected chi connectivity index (χ3v) is 9.06. The third-order valence-electron chi connectivity index (χ3n) is 5.92. The number of hydrogen-bond acceptors (Lipinski definition) is 8. The Morgan fingerprint density at radius 1 is 1.06 bits per heavy atom. The van der Waals surface area contributed by atoms with Crippen LogP contribution in [0.4, 0.5) is 9.93 Å². The second kappa shape index (κ2) is 9.21. The highest BCUT2D eigenvalue weighted by Gasteiger charge is 2.33. The molecule has 1 aliphatic carbocycles. The number of urea groups is 1. The zero-order valence-electron chi connectivity index (χ0n) is 17.8. The number of hydrogen-bond donors (Lipinski definition) is 1. The fourth-order valence-electron chi connectivity index (χ4n) is 4.28. The summed E-state index contributed by atoms with van der Waals surface area (Å²) < 4.78 is 32.5. The Balaban J connectivity index is 1.37. The summed E-state index contributed by atoms with van der Waals surface area (Å²) in [6, 6.07) is -0.275. The van der Waals surface area contributed by atoms with Gasteiger partial charge in [-0.05, 0) is 33.1 Å². The summed E-state index contributed by atoms with van der Waals surface area (Å²) in [5.74, 6) is 0.722. The van der Waals surface area contributed by atoms with Gasteiger partial charge in [0.1, 0.15) is 15.6 Å². The molecule has 10 nitrogen and oxygen atoms in total. The van der Waals surface area contributed by atoms with Crippen LogP contribution < -0.4 is 5.32 Å². The molecule has 4 rings (SSSR count). The first-order chi connectivity index (χ1) is 14.9. The van der Waals surface area contributed by atoms with Crippen LogP contribution in [-0.4, -0.2) is 65.2 Å². The van der Waals surface area contributed by atoms with Crippen LogP contribution in [0.15, 0.2) is 9.42 Å². The zero-order chi connectivity index (χ0) is 22.0. The fourth-order valence-corrected chi connectivity index (χ4v) is 6.94. The molecule has 0 atom stereocenters. The third kappa shape index (κ3) is 4.75. The Kier molecular flexibility index (Phi) is 6.58. The van der Waals surface area contributed by atoms with E-state index >= 15 is 0 Å². The van der Waals surface area contributed by atoms with Crippen molar-refractivity contribution in [1.29, 1.82) is 0 Å². The molecular formula is C19H28N6O4S2. The van der Waals surface area contributed by atoms with Gasteiger partial charge >= 0.3 is 6.03 Å². The molecule has 1 aliphatic heterocycles. The molecule has 2 amide bonds. The molecule has 0 radical (unpaired) electrons. The highest BCUT2D eigenvalue weighted by molar-refractivity contribution is 7.89. The Hall–Kier alpha value is -2.05. The molecule has 0 aromatic carbocycles. The molecule has 1 saturated carbocycles. The molecule has 12 heteroatoms. The van der Waals surface area contributed by atoms with E-state index in [-0.39, 0.29) is 23.2 Å². The summed E-state index contributed by atoms with van der Waals surface area (Å²) >= 11 is 1.44. The van der Waals surface area contributed by atoms with Crippen LogP contribution >= 0.6 is 11.3 Å². The quantitative estimate of drug-likeness (QED) is 0.731. The monoisotopic (exact) mass is 468 g/mol. The molecule has 2 aromatic heterocycles. The number of sulfonamides is 1. The van der Waals surface area contributed by atoms with E-state index in [1.165, 1.54) is 34.9 Å². The molecule has 2 aliphatic rings. The minimum Gasteiger partial charge on any atom is -0.360 e. The number of rotatable bonds is 4. The van der Waals surface area contributed by atoms with E-state index in [1.807, 2.05) is 0 Å². The number of nitrogens with zero attached hydrogens (tertiary/aromatic N) is 5. The number of anilines is 1. The summed E-state index contributed by atoms with van der Waals surface area (Å²) in [6.45, 7) is 4.51. The van der Waals surface area contributed by atoms with Crippen molar-refractivity contribution in [1.82, 2.24) is 24.6 Å². The first-order valence-corrected chi connectivity index (χ1v) is 12.9. The predicted molar refractivity (Wildman–Crippen MR) is 116 cm³/mol. The zero-order valence-corrected chi connectivity index (χ0v) is 19.5. The Morgan fingerprint density at radius 2 is 1.84 bits per heavy atom. The first-order valence-electron chi connectivity index (χ1n) is 10.7. The standard InChI is InChI=1S/C19H28N6O4S2/c1-13-16(14(2)29-23-13)31(27,28)25-10-6-9-24(11-12-25)19(26)20-18-22-21-17(30-18)15-7-4-3-5-8-15/h15H,3-12H2,1-2H3,(H,20,22,26). The van der Waals surface area contributed by atoms with Crippen molar-refractivity contribution in [2.24, 2.45) is 0 Å². The van der Waals surface area contributed by atoms with Gasteiger partial charge in [0, 0.05) is 32.1 Å². The van der Waals surface area contributed by atoms with E-state index in [0.29, 0.717) is 42.8 Å². The van der Waals surface area contributed by atoms with Gasteiger partial charge in [-0.2, -0.15) is 4.31 Å². The Morgan fingerprint density at radius 3 is 2.55 bits per heavy atom. The topological polar surface area (TPSA) is 122 Å². The van der Waals surface area contributed by atoms with Crippen molar-refractivity contribution in [2.45, 2.75) is 63.2 Å². The number of carbonyl (C=O) groups excluding carboxylic acids is 1. The number of carbonyl (C=O) groups is 1. The predicted octanol–water partition coefficient (Wildman–Crippen LogP) is 3.12. The Bertz CT molecular complexity index is 1010. The molecular weight excluding hydrogens is 440 g/mol. The molecule has 0 bridgehead atoms. The lowest BCUT2D eigenvalue weighted by molar-refractivity contribution is 0.214. The molecule has 31 heavy (non-hydrogen) atoms. The highest BCUT2D eigenvalue weighted by atomic mass is 32.2. The van der Waals surface area contributed by atoms with E-state index in [1.54, 1.807) is 18.7 Å². The van der Waals surface area contributed by atoms with Crippen LogP contribution in [0.2, 0.25) is 0 Å². The second-order valence-electron chi connectivity index (χ2n) is 8.11. The van der Waals surface area contributed by atoms with Crippen LogP contribution in [0.5, 0.6) is 0 Å². The molecule has 2 fully saturated rings. The van der Waals surface area contributed by atoms with Crippen molar-refractivity contribution in [3.05, 3.63) is 16.5 Å². The van der Waals surface area contributed by atoms with E-state index < -0.39 is 10.0 Å². The van der Waals surface area contributed by atoms with E-state index in [4.69, 9.17) is 4.52 Å². The molecule has 1 N–H and O–H groups in total. The maximum absolute atomic E-state index is 13.1. The number of aryl methyl sites for hydroxylation is 2. The summed E-state index contributed by atoms with van der Waals surface area (Å²) in [4.78, 5) is 14.5. The van der Waals surface area contributed by atoms with E-state index in [0.717, 1.165) is 17.8 Å². The maximum atomic E-state index is 13.1. The summed E-state index contributed by atoms with van der Waals surface area (Å²) in [7, 11) is -3.72. The van der Waals surface area contributed by atoms with Crippen LogP contribution in [-0.2, 0) is 10.0 Å². The van der Waals surface area contributed by atoms with Crippen molar-refractivity contribution >= 4 is 32.5 Å². The summed E-state index contributed by atoms with van der Waals surface area (Å²) in [5.41, 5.74) is 0.349. The first kappa shape index (κ1) is 22.2. The molecule has 2 aromatic rings. The van der Waals surface area contributed by atoms with Gasteiger partial charge in [-0.15, -0.1) is 10.2 Å². The van der Waals surface area contributed by atoms with Crippen LogP contribution in [0.3, 0.4) is 0 Å². The molecule has 0 spiro atoms. The van der Waals surface area contributed by atoms with Crippen LogP contribution in [0.1, 0.15) is 60.9 Å². The molecule has 3 heterocycles. The van der Waals surface area contributed by atoms with Crippen molar-refractivity contribution < 1.29 is 17.7 Å². The smallest absolute Gasteiger partial charge is 0.323 e. The Labute approximate surface area is 186 Å². The van der Waals surface area contributed by atoms with Gasteiger partial charge in [0.2, 0.25) is 15.2 Å². The summed E-state index contributed by atoms with van der Waals surface area (Å²) in [5, 5.41) is 16.5. The van der Waals surface area contributed by atoms with Gasteiger partial charge in [-0.25, -0.2) is 13.2 Å². The largest absolute Gasteiger partial charge is 0.360 e. The van der Waals surface area contributed by atoms with Gasteiger partial charge in [-0.1, -0.05) is 35.8 Å². The summed E-state index contributed by atoms with van der Waals surface area (Å²) in [6.07, 6.45) is 6.50. The molecule has 1 saturated heterocycles. The second-order valence-corrected chi connectivity index (χ2v) is 11.0. The van der Waals surface area contributed by atoms with Gasteiger partial charge in [0.15, 0.2) is 5.76 Å². The van der Waals surface area contributed by atoms with E-state index in [2.05, 4.69) is 20.7 Å². The van der Waals surface area contributed by atoms with Gasteiger partial charge in [0.05, 0.1) is 0 Å². The van der Waals surface area contributed by atoms with Gasteiger partial charge < -0.3 is 9.42 Å². The van der Waals surface area contributed by atoms with Crippen LogP contribution in [0.25, 0.3) is 0 Å². The normalized spacial score (nSPS) is 19.4. The number of amides is 2. The lowest BCUT2D eigenvalue weighted by Crippen LogP contribution is -2.39. The number of nitrogens with one attached hydrogen (secondary N) is 1. The lowest BCUT2D eigenvalue weighted by Gasteiger charge is -2.21. The van der Waals surface area contributed by atoms with Crippen LogP contribution in [0, 0.1) is 13.8 Å². The average Bonchev–Trinajstić information content (AvgIpc) is 3.25. The van der Waals surface area contributed by atoms with E-state index in [9.17, 15) is 13.2 Å². The maximum Gasteiger partial charge on any atom is 0.323 e. The molecule has 170 valence electrons. The molecule has 0 unspecified atom stereocenters. The fraction of sp³-hybridized carbons (Fsp3) is 0.684. The lowest BCUT2D eigenvalue weighted by atomic mass is 9.90. The van der Waals surface area contributed by atoms with Gasteiger partial charge in [0.25, 0.3) is 0 Å². The van der Waals surface area contributed by atoms with Gasteiger partial charge in [-0.3, -0.25) is 5.32 Å². The van der Waals surface area contributed by atoms with Crippen molar-refractivity contribution in [3.8, 4) is 0 Å².